The Labute approximate surface area is 114 Å². The van der Waals surface area contributed by atoms with E-state index in [1.54, 1.807) is 4.90 Å². The Morgan fingerprint density at radius 2 is 1.80 bits per heavy atom. The molecule has 1 heterocycles. The van der Waals surface area contributed by atoms with Gasteiger partial charge in [0, 0.05) is 13.1 Å². The molecule has 4 nitrogen and oxygen atoms in total. The maximum Gasteiger partial charge on any atom is 0.573 e. The summed E-state index contributed by atoms with van der Waals surface area (Å²) < 4.78 is 44.9. The van der Waals surface area contributed by atoms with Crippen LogP contribution in [0, 0.1) is 0 Å². The molecule has 0 bridgehead atoms. The van der Waals surface area contributed by atoms with Crippen LogP contribution in [-0.2, 0) is 16.0 Å². The third-order valence-corrected chi connectivity index (χ3v) is 2.88. The highest BCUT2D eigenvalue weighted by Crippen LogP contribution is 2.22. The van der Waals surface area contributed by atoms with Crippen LogP contribution < -0.4 is 4.74 Å². The molecule has 1 aliphatic heterocycles. The lowest BCUT2D eigenvalue weighted by Gasteiger charge is -2.26. The number of ether oxygens (including phenoxy) is 2. The summed E-state index contributed by atoms with van der Waals surface area (Å²) in [5, 5.41) is 0. The van der Waals surface area contributed by atoms with Crippen molar-refractivity contribution in [3.8, 4) is 5.75 Å². The first-order valence-corrected chi connectivity index (χ1v) is 6.14. The number of carbonyl (C=O) groups excluding carboxylic acids is 1. The van der Waals surface area contributed by atoms with Crippen molar-refractivity contribution in [2.24, 2.45) is 0 Å². The van der Waals surface area contributed by atoms with E-state index in [9.17, 15) is 18.0 Å². The number of alkyl halides is 3. The minimum atomic E-state index is -4.70. The quantitative estimate of drug-likeness (QED) is 0.854. The largest absolute Gasteiger partial charge is 0.573 e. The summed E-state index contributed by atoms with van der Waals surface area (Å²) >= 11 is 0. The standard InChI is InChI=1S/C13H14F3NO3/c14-13(15,16)20-11-3-1-10(2-4-11)9-12(18)17-5-7-19-8-6-17/h1-4H,5-9H2. The molecule has 0 unspecified atom stereocenters. The van der Waals surface area contributed by atoms with Crippen molar-refractivity contribution in [2.75, 3.05) is 26.3 Å². The Morgan fingerprint density at radius 1 is 1.20 bits per heavy atom. The minimum Gasteiger partial charge on any atom is -0.406 e. The summed E-state index contributed by atoms with van der Waals surface area (Å²) in [4.78, 5) is 13.6. The fourth-order valence-corrected chi connectivity index (χ4v) is 1.91. The molecular weight excluding hydrogens is 275 g/mol. The number of nitrogens with zero attached hydrogens (tertiary/aromatic N) is 1. The van der Waals surface area contributed by atoms with Gasteiger partial charge >= 0.3 is 6.36 Å². The van der Waals surface area contributed by atoms with Crippen molar-refractivity contribution >= 4 is 5.91 Å². The number of carbonyl (C=O) groups is 1. The topological polar surface area (TPSA) is 38.8 Å². The molecule has 1 aromatic rings. The minimum absolute atomic E-state index is 0.0576. The van der Waals surface area contributed by atoms with E-state index in [1.165, 1.54) is 24.3 Å². The molecule has 0 atom stereocenters. The van der Waals surface area contributed by atoms with Crippen molar-refractivity contribution in [1.82, 2.24) is 4.90 Å². The number of amides is 1. The van der Waals surface area contributed by atoms with E-state index >= 15 is 0 Å². The summed E-state index contributed by atoms with van der Waals surface area (Å²) in [6.45, 7) is 2.14. The summed E-state index contributed by atoms with van der Waals surface area (Å²) in [7, 11) is 0. The Balaban J connectivity index is 1.91. The average Bonchev–Trinajstić information content (AvgIpc) is 2.40. The summed E-state index contributed by atoms with van der Waals surface area (Å²) in [6, 6.07) is 5.32. The van der Waals surface area contributed by atoms with Gasteiger partial charge in [-0.05, 0) is 17.7 Å². The highest BCUT2D eigenvalue weighted by Gasteiger charge is 2.31. The van der Waals surface area contributed by atoms with E-state index in [-0.39, 0.29) is 18.1 Å². The van der Waals surface area contributed by atoms with Crippen LogP contribution in [0.1, 0.15) is 5.56 Å². The van der Waals surface area contributed by atoms with E-state index in [4.69, 9.17) is 4.74 Å². The van der Waals surface area contributed by atoms with Gasteiger partial charge in [0.25, 0.3) is 0 Å². The van der Waals surface area contributed by atoms with Gasteiger partial charge in [0.2, 0.25) is 5.91 Å². The second-order valence-corrected chi connectivity index (χ2v) is 4.36. The van der Waals surface area contributed by atoms with Crippen LogP contribution in [0.5, 0.6) is 5.75 Å². The lowest BCUT2D eigenvalue weighted by molar-refractivity contribution is -0.274. The van der Waals surface area contributed by atoms with E-state index in [2.05, 4.69) is 4.74 Å². The van der Waals surface area contributed by atoms with Crippen LogP contribution in [0.4, 0.5) is 13.2 Å². The molecule has 20 heavy (non-hydrogen) atoms. The van der Waals surface area contributed by atoms with Crippen molar-refractivity contribution in [2.45, 2.75) is 12.8 Å². The van der Waals surface area contributed by atoms with Crippen LogP contribution in [0.25, 0.3) is 0 Å². The molecule has 1 aromatic carbocycles. The van der Waals surface area contributed by atoms with Crippen LogP contribution >= 0.6 is 0 Å². The van der Waals surface area contributed by atoms with Gasteiger partial charge in [-0.25, -0.2) is 0 Å². The van der Waals surface area contributed by atoms with Gasteiger partial charge in [-0.3, -0.25) is 4.79 Å². The Kier molecular flexibility index (Phi) is 4.49. The predicted octanol–water partition coefficient (Wildman–Crippen LogP) is 1.99. The van der Waals surface area contributed by atoms with Crippen molar-refractivity contribution in [3.05, 3.63) is 29.8 Å². The van der Waals surface area contributed by atoms with Crippen LogP contribution in [0.2, 0.25) is 0 Å². The van der Waals surface area contributed by atoms with Crippen LogP contribution in [-0.4, -0.2) is 43.5 Å². The molecule has 0 aromatic heterocycles. The van der Waals surface area contributed by atoms with Crippen molar-refractivity contribution in [3.63, 3.8) is 0 Å². The molecule has 0 spiro atoms. The molecule has 0 N–H and O–H groups in total. The van der Waals surface area contributed by atoms with Gasteiger partial charge in [0.15, 0.2) is 0 Å². The Bertz CT molecular complexity index is 453. The van der Waals surface area contributed by atoms with E-state index in [0.29, 0.717) is 31.9 Å². The smallest absolute Gasteiger partial charge is 0.406 e. The van der Waals surface area contributed by atoms with Gasteiger partial charge in [-0.1, -0.05) is 12.1 Å². The normalized spacial score (nSPS) is 16.1. The molecule has 1 amide bonds. The maximum absolute atomic E-state index is 12.0. The molecule has 1 saturated heterocycles. The highest BCUT2D eigenvalue weighted by atomic mass is 19.4. The third kappa shape index (κ3) is 4.41. The molecule has 0 saturated carbocycles. The van der Waals surface area contributed by atoms with E-state index in [0.717, 1.165) is 0 Å². The van der Waals surface area contributed by atoms with E-state index < -0.39 is 6.36 Å². The van der Waals surface area contributed by atoms with Crippen LogP contribution in [0.3, 0.4) is 0 Å². The van der Waals surface area contributed by atoms with Gasteiger partial charge in [0.05, 0.1) is 19.6 Å². The first-order valence-electron chi connectivity index (χ1n) is 6.14. The number of halogens is 3. The fourth-order valence-electron chi connectivity index (χ4n) is 1.91. The zero-order chi connectivity index (χ0) is 14.6. The number of hydrogen-bond acceptors (Lipinski definition) is 3. The van der Waals surface area contributed by atoms with Gasteiger partial charge in [-0.2, -0.15) is 0 Å². The number of benzene rings is 1. The molecule has 2 rings (SSSR count). The number of hydrogen-bond donors (Lipinski definition) is 0. The van der Waals surface area contributed by atoms with Crippen molar-refractivity contribution in [1.29, 1.82) is 0 Å². The molecule has 110 valence electrons. The molecule has 1 aliphatic rings. The first-order chi connectivity index (χ1) is 9.44. The molecule has 7 heteroatoms. The molecule has 1 fully saturated rings. The molecule has 0 radical (unpaired) electrons. The van der Waals surface area contributed by atoms with Gasteiger partial charge in [-0.15, -0.1) is 13.2 Å². The Morgan fingerprint density at radius 3 is 2.35 bits per heavy atom. The molecular formula is C13H14F3NO3. The number of morpholine rings is 1. The third-order valence-electron chi connectivity index (χ3n) is 2.88. The van der Waals surface area contributed by atoms with Crippen LogP contribution in [0.15, 0.2) is 24.3 Å². The summed E-state index contributed by atoms with van der Waals surface area (Å²) in [6.07, 6.45) is -4.54. The average molecular weight is 289 g/mol. The van der Waals surface area contributed by atoms with Gasteiger partial charge in [0.1, 0.15) is 5.75 Å². The second-order valence-electron chi connectivity index (χ2n) is 4.36. The van der Waals surface area contributed by atoms with Crippen molar-refractivity contribution < 1.29 is 27.4 Å². The maximum atomic E-state index is 12.0. The summed E-state index contributed by atoms with van der Waals surface area (Å²) in [5.74, 6) is -0.349. The first kappa shape index (κ1) is 14.6. The highest BCUT2D eigenvalue weighted by molar-refractivity contribution is 5.78. The monoisotopic (exact) mass is 289 g/mol. The fraction of sp³-hybridized carbons (Fsp3) is 0.462. The zero-order valence-corrected chi connectivity index (χ0v) is 10.7. The molecule has 0 aliphatic carbocycles. The van der Waals surface area contributed by atoms with Gasteiger partial charge < -0.3 is 14.4 Å². The second kappa shape index (κ2) is 6.13. The SMILES string of the molecule is O=C(Cc1ccc(OC(F)(F)F)cc1)N1CCOCC1. The Hall–Kier alpha value is -1.76. The summed E-state index contributed by atoms with van der Waals surface area (Å²) in [5.41, 5.74) is 0.649. The lowest BCUT2D eigenvalue weighted by Crippen LogP contribution is -2.41. The zero-order valence-electron chi connectivity index (χ0n) is 10.7. The lowest BCUT2D eigenvalue weighted by atomic mass is 10.1. The number of rotatable bonds is 3. The predicted molar refractivity (Wildman–Crippen MR) is 64.2 cm³/mol. The van der Waals surface area contributed by atoms with E-state index in [1.807, 2.05) is 0 Å².